The number of fused-ring (bicyclic) bond motifs is 1. The van der Waals surface area contributed by atoms with Gasteiger partial charge in [-0.25, -0.2) is 29.2 Å². The number of methoxy groups -OCH3 is 4. The van der Waals surface area contributed by atoms with Gasteiger partial charge < -0.3 is 69.6 Å². The molecule has 25 nitrogen and oxygen atoms in total. The van der Waals surface area contributed by atoms with Gasteiger partial charge in [0, 0.05) is 30.8 Å². The van der Waals surface area contributed by atoms with Crippen molar-refractivity contribution >= 4 is 76.6 Å². The highest BCUT2D eigenvalue weighted by molar-refractivity contribution is 5.97. The van der Waals surface area contributed by atoms with Gasteiger partial charge >= 0.3 is 29.8 Å². The number of halogens is 1. The van der Waals surface area contributed by atoms with Crippen molar-refractivity contribution in [2.24, 2.45) is 9.98 Å². The molecule has 0 saturated carbocycles. The molecule has 0 aliphatic rings. The standard InChI is InChI=1S/C43H59NO7.C27H46O3.C16H15NO5.C8H17N3.C6H5N3O.ClH.H2O/c1-4-5-6-7-8-9-10-11-12-13-14-15-16-17-18-19-32-50-37-26-20-34(21-27-37)22-31-41(45)44-36-25-30-40(39(33-36)43(47)49-3)51-38-28-23-35(24-29-38)42(46)48-2;1-2-3-4-5-6-7-8-9-10-11-12-13-14-15-16-17-24-30-26-21-18-25(19-22-26)20-23-27(28)29;1-20-15(18)10-3-6-12(7-4-10)22-14-8-5-11(17)9-13(14)16(19)21-2;1-4-9-8-10-6-5-7-11(2)3;10-9-6-4-2-1-3-5(6)7-8-9;;/h20-21,23-30,33H,4-19,22,31-32H2,1-3H3,(H,44,45);18-19,21-22H,2-17,20,23-24H2,1H3,(H,28,29);3-9H,17H2,1-2H3;4-7H2,1-3H3;1-4,10H;1H;1H2. The Hall–Kier alpha value is -10.9. The first-order chi connectivity index (χ1) is 60.3. The molecule has 0 spiro atoms. The molecule has 1 amide bonds. The zero-order valence-electron chi connectivity index (χ0n) is 76.5. The van der Waals surface area contributed by atoms with Gasteiger partial charge in [-0.15, -0.1) is 17.5 Å². The number of nitrogens with two attached hydrogens (primary N) is 1. The summed E-state index contributed by atoms with van der Waals surface area (Å²) >= 11 is 0. The number of nitrogens with zero attached hydrogens (tertiary/aromatic N) is 6. The number of aliphatic imine (C=N–C) groups is 2. The average molecular weight is 1770 g/mol. The van der Waals surface area contributed by atoms with Crippen LogP contribution in [0.2, 0.25) is 0 Å². The Morgan fingerprint density at radius 2 is 0.833 bits per heavy atom. The summed E-state index contributed by atoms with van der Waals surface area (Å²) in [7, 11) is 9.30. The van der Waals surface area contributed by atoms with Gasteiger partial charge in [0.05, 0.1) is 65.3 Å². The van der Waals surface area contributed by atoms with Crippen molar-refractivity contribution in [1.29, 1.82) is 0 Å². The Bertz CT molecular complexity index is 4290. The van der Waals surface area contributed by atoms with E-state index in [1.807, 2.05) is 67.6 Å². The highest BCUT2D eigenvalue weighted by Gasteiger charge is 2.19. The van der Waals surface area contributed by atoms with Gasteiger partial charge in [-0.2, -0.15) is 0 Å². The second-order valence-corrected chi connectivity index (χ2v) is 30.8. The van der Waals surface area contributed by atoms with Crippen LogP contribution in [0.4, 0.5) is 11.4 Å². The number of benzene rings is 7. The number of aryl methyl sites for hydroxylation is 2. The number of nitrogens with one attached hydrogen (secondary N) is 1. The molecule has 0 radical (unpaired) electrons. The largest absolute Gasteiger partial charge is 0.494 e. The lowest BCUT2D eigenvalue weighted by Gasteiger charge is -2.13. The van der Waals surface area contributed by atoms with Crippen LogP contribution in [-0.2, 0) is 41.4 Å². The first-order valence-corrected chi connectivity index (χ1v) is 45.0. The number of aliphatic carboxylic acids is 1. The Morgan fingerprint density at radius 1 is 0.452 bits per heavy atom. The Labute approximate surface area is 755 Å². The number of nitrogen functional groups attached to an aromatic ring is 1. The SMILES string of the molecule is CCCCCCCCCCCCCCCCCCOc1ccc(CCC(=O)Nc2ccc(Oc3ccc(C(=O)OC)cc3)c(C(=O)OC)c2)cc1.CCCCCCCCCCCCCCCCCCOc1ccc(CCC(=O)O)cc1.CCN=C=NCCCN(C)C.COC(=O)c1ccc(Oc2ccc(N)cc2C(=O)OC)cc1.Cl.O.On1nnc2ccccc21. The summed E-state index contributed by atoms with van der Waals surface area (Å²) in [4.78, 5) is 81.4. The number of para-hydroxylation sites is 1. The van der Waals surface area contributed by atoms with E-state index in [4.69, 9.17) is 49.2 Å². The molecule has 26 heteroatoms. The molecule has 0 bridgehead atoms. The molecule has 0 fully saturated rings. The van der Waals surface area contributed by atoms with Crippen molar-refractivity contribution in [2.75, 3.05) is 86.4 Å². The molecule has 1 heterocycles. The van der Waals surface area contributed by atoms with Crippen molar-refractivity contribution in [1.82, 2.24) is 20.1 Å². The van der Waals surface area contributed by atoms with E-state index in [2.05, 4.69) is 69.2 Å². The zero-order valence-corrected chi connectivity index (χ0v) is 77.3. The second-order valence-electron chi connectivity index (χ2n) is 30.8. The lowest BCUT2D eigenvalue weighted by molar-refractivity contribution is -0.137. The van der Waals surface area contributed by atoms with Crippen LogP contribution in [0, 0.1) is 0 Å². The molecule has 0 aliphatic heterocycles. The highest BCUT2D eigenvalue weighted by Crippen LogP contribution is 2.32. The summed E-state index contributed by atoms with van der Waals surface area (Å²) in [5.74, 6) is 0.196. The van der Waals surface area contributed by atoms with E-state index < -0.39 is 29.8 Å². The Kier molecular flexibility index (Phi) is 63.0. The quantitative estimate of drug-likeness (QED) is 0.00687. The van der Waals surface area contributed by atoms with E-state index in [1.165, 1.54) is 233 Å². The van der Waals surface area contributed by atoms with Crippen LogP contribution < -0.4 is 30.0 Å². The van der Waals surface area contributed by atoms with Crippen LogP contribution in [0.3, 0.4) is 0 Å². The number of esters is 4. The Morgan fingerprint density at radius 3 is 1.22 bits per heavy atom. The number of carboxylic acid groups (broad SMARTS) is 1. The number of anilines is 2. The smallest absolute Gasteiger partial charge is 0.341 e. The van der Waals surface area contributed by atoms with Gasteiger partial charge in [-0.05, 0) is 197 Å². The van der Waals surface area contributed by atoms with E-state index in [0.29, 0.717) is 63.6 Å². The van der Waals surface area contributed by atoms with E-state index in [-0.39, 0.29) is 53.5 Å². The van der Waals surface area contributed by atoms with E-state index >= 15 is 0 Å². The molecular weight excluding hydrogens is 1620 g/mol. The number of rotatable bonds is 56. The highest BCUT2D eigenvalue weighted by atomic mass is 35.5. The molecule has 8 aromatic rings. The van der Waals surface area contributed by atoms with Crippen LogP contribution >= 0.6 is 12.4 Å². The molecule has 1 aromatic heterocycles. The van der Waals surface area contributed by atoms with E-state index in [9.17, 15) is 28.8 Å². The fraction of sp³-hybridized carbons (Fsp3) is 0.510. The Balaban J connectivity index is 0.000000602. The summed E-state index contributed by atoms with van der Waals surface area (Å²) in [6.07, 6.45) is 46.4. The third kappa shape index (κ3) is 50.9. The molecule has 0 saturated heterocycles. The molecule has 694 valence electrons. The minimum atomic E-state index is -0.751. The molecule has 7 N–H and O–H groups in total. The second kappa shape index (κ2) is 71.3. The number of hydrogen-bond donors (Lipinski definition) is 4. The number of carbonyl (C=O) groups excluding carboxylic acids is 5. The molecule has 0 aliphatic carbocycles. The van der Waals surface area contributed by atoms with Gasteiger partial charge in [0.15, 0.2) is 0 Å². The summed E-state index contributed by atoms with van der Waals surface area (Å²) in [5, 5.41) is 27.6. The lowest BCUT2D eigenvalue weighted by Crippen LogP contribution is -2.13. The zero-order chi connectivity index (χ0) is 89.8. The predicted molar refractivity (Wildman–Crippen MR) is 506 cm³/mol. The monoisotopic (exact) mass is 1770 g/mol. The minimum Gasteiger partial charge on any atom is -0.494 e. The molecular formula is C100H145ClN8O17. The number of aromatic nitrogens is 3. The third-order valence-corrected chi connectivity index (χ3v) is 20.2. The van der Waals surface area contributed by atoms with E-state index in [1.54, 1.807) is 84.9 Å². The molecule has 126 heavy (non-hydrogen) atoms. The maximum atomic E-state index is 12.8. The van der Waals surface area contributed by atoms with Crippen LogP contribution in [0.25, 0.3) is 11.0 Å². The summed E-state index contributed by atoms with van der Waals surface area (Å²) in [6, 6.07) is 47.7. The molecule has 8 rings (SSSR count). The third-order valence-electron chi connectivity index (χ3n) is 20.2. The normalized spacial score (nSPS) is 10.4. The van der Waals surface area contributed by atoms with Crippen LogP contribution in [0.1, 0.15) is 298 Å². The van der Waals surface area contributed by atoms with Crippen LogP contribution in [-0.4, -0.2) is 153 Å². The van der Waals surface area contributed by atoms with Gasteiger partial charge in [0.25, 0.3) is 0 Å². The molecule has 0 atom stereocenters. The number of ether oxygens (including phenoxy) is 8. The van der Waals surface area contributed by atoms with Crippen molar-refractivity contribution in [2.45, 2.75) is 258 Å². The van der Waals surface area contributed by atoms with Gasteiger partial charge in [-0.1, -0.05) is 248 Å². The number of amides is 1. The van der Waals surface area contributed by atoms with Crippen LogP contribution in [0.5, 0.6) is 34.5 Å². The predicted octanol–water partition coefficient (Wildman–Crippen LogP) is 23.6. The average Bonchev–Trinajstić information content (AvgIpc) is 1.14. The van der Waals surface area contributed by atoms with Gasteiger partial charge in [0.1, 0.15) is 56.7 Å². The van der Waals surface area contributed by atoms with Crippen molar-refractivity contribution in [3.05, 3.63) is 191 Å². The first-order valence-electron chi connectivity index (χ1n) is 45.0. The van der Waals surface area contributed by atoms with Gasteiger partial charge in [0.2, 0.25) is 5.91 Å². The minimum absolute atomic E-state index is 0. The van der Waals surface area contributed by atoms with Crippen molar-refractivity contribution < 1.29 is 82.5 Å². The maximum absolute atomic E-state index is 12.8. The van der Waals surface area contributed by atoms with Crippen LogP contribution in [0.15, 0.2) is 168 Å². The molecule has 7 aromatic carbocycles. The lowest BCUT2D eigenvalue weighted by atomic mass is 10.0. The first kappa shape index (κ1) is 111. The number of carboxylic acids is 1. The summed E-state index contributed by atoms with van der Waals surface area (Å²) < 4.78 is 42.2. The van der Waals surface area contributed by atoms with Crippen molar-refractivity contribution in [3.63, 3.8) is 0 Å². The summed E-state index contributed by atoms with van der Waals surface area (Å²) in [6.45, 7) is 10.7. The molecule has 0 unspecified atom stereocenters. The number of hydrogen-bond acceptors (Lipinski definition) is 21. The van der Waals surface area contributed by atoms with E-state index in [0.717, 1.165) is 79.6 Å². The fourth-order valence-electron chi connectivity index (χ4n) is 13.1. The van der Waals surface area contributed by atoms with Gasteiger partial charge in [-0.3, -0.25) is 9.59 Å². The maximum Gasteiger partial charge on any atom is 0.341 e. The number of unbranched alkanes of at least 4 members (excludes halogenated alkanes) is 30. The fourth-order valence-corrected chi connectivity index (χ4v) is 13.1. The number of carbonyl (C=O) groups is 6. The summed E-state index contributed by atoms with van der Waals surface area (Å²) in [5.41, 5.74) is 11.1. The topological polar surface area (TPSA) is 345 Å². The van der Waals surface area contributed by atoms with Crippen molar-refractivity contribution in [3.8, 4) is 34.5 Å².